The molecule has 0 saturated carbocycles. The van der Waals surface area contributed by atoms with Crippen molar-refractivity contribution < 1.29 is 8.81 Å². The maximum absolute atomic E-state index is 13.6. The molecule has 0 spiro atoms. The average Bonchev–Trinajstić information content (AvgIpc) is 2.77. The first-order chi connectivity index (χ1) is 8.65. The number of halogens is 3. The zero-order chi connectivity index (χ0) is 12.7. The Morgan fingerprint density at radius 1 is 1.22 bits per heavy atom. The Bertz CT molecular complexity index is 742. The van der Waals surface area contributed by atoms with Crippen LogP contribution >= 0.6 is 23.2 Å². The van der Waals surface area contributed by atoms with Gasteiger partial charge in [0.1, 0.15) is 5.69 Å². The van der Waals surface area contributed by atoms with E-state index in [1.807, 2.05) is 6.07 Å². The SMILES string of the molecule is Fc1cnc(Cl)nc1-c1cc2cccc(Cl)c2o1. The third-order valence-electron chi connectivity index (χ3n) is 2.44. The number of aromatic nitrogens is 2. The Labute approximate surface area is 111 Å². The summed E-state index contributed by atoms with van der Waals surface area (Å²) in [6.45, 7) is 0. The highest BCUT2D eigenvalue weighted by atomic mass is 35.5. The molecule has 2 heterocycles. The second kappa shape index (κ2) is 4.23. The summed E-state index contributed by atoms with van der Waals surface area (Å²) in [6.07, 6.45) is 0.999. The van der Waals surface area contributed by atoms with Crippen LogP contribution in [0.1, 0.15) is 0 Å². The summed E-state index contributed by atoms with van der Waals surface area (Å²) in [6, 6.07) is 6.95. The molecule has 0 aliphatic rings. The Morgan fingerprint density at radius 3 is 2.83 bits per heavy atom. The molecule has 3 aromatic rings. The molecule has 0 aliphatic heterocycles. The van der Waals surface area contributed by atoms with Gasteiger partial charge in [-0.15, -0.1) is 0 Å². The van der Waals surface area contributed by atoms with Gasteiger partial charge in [0.25, 0.3) is 0 Å². The van der Waals surface area contributed by atoms with Crippen LogP contribution in [-0.4, -0.2) is 9.97 Å². The lowest BCUT2D eigenvalue weighted by molar-refractivity contribution is 0.589. The monoisotopic (exact) mass is 282 g/mol. The quantitative estimate of drug-likeness (QED) is 0.624. The number of fused-ring (bicyclic) bond motifs is 1. The predicted molar refractivity (Wildman–Crippen MR) is 67.2 cm³/mol. The molecular weight excluding hydrogens is 278 g/mol. The minimum absolute atomic E-state index is 0.0160. The van der Waals surface area contributed by atoms with Crippen LogP contribution in [0.15, 0.2) is 34.9 Å². The molecule has 0 amide bonds. The lowest BCUT2D eigenvalue weighted by Crippen LogP contribution is -1.90. The van der Waals surface area contributed by atoms with E-state index in [1.165, 1.54) is 0 Å². The van der Waals surface area contributed by atoms with Gasteiger partial charge in [0, 0.05) is 5.39 Å². The van der Waals surface area contributed by atoms with Gasteiger partial charge in [0.15, 0.2) is 17.2 Å². The van der Waals surface area contributed by atoms with E-state index in [9.17, 15) is 4.39 Å². The first kappa shape index (κ1) is 11.4. The molecule has 0 atom stereocenters. The van der Waals surface area contributed by atoms with E-state index in [2.05, 4.69) is 9.97 Å². The van der Waals surface area contributed by atoms with Crippen molar-refractivity contribution >= 4 is 34.2 Å². The molecule has 0 aliphatic carbocycles. The number of rotatable bonds is 1. The highest BCUT2D eigenvalue weighted by Gasteiger charge is 2.14. The summed E-state index contributed by atoms with van der Waals surface area (Å²) in [5.74, 6) is -0.338. The zero-order valence-electron chi connectivity index (χ0n) is 8.82. The van der Waals surface area contributed by atoms with Crippen LogP contribution in [0.2, 0.25) is 10.3 Å². The summed E-state index contributed by atoms with van der Waals surface area (Å²) >= 11 is 11.6. The van der Waals surface area contributed by atoms with Gasteiger partial charge in [0.05, 0.1) is 11.2 Å². The van der Waals surface area contributed by atoms with Gasteiger partial charge in [-0.1, -0.05) is 23.7 Å². The van der Waals surface area contributed by atoms with Crippen molar-refractivity contribution in [3.05, 3.63) is 46.6 Å². The summed E-state index contributed by atoms with van der Waals surface area (Å²) in [4.78, 5) is 7.36. The summed E-state index contributed by atoms with van der Waals surface area (Å²) in [7, 11) is 0. The predicted octanol–water partition coefficient (Wildman–Crippen LogP) is 4.34. The van der Waals surface area contributed by atoms with Crippen LogP contribution in [0.4, 0.5) is 4.39 Å². The van der Waals surface area contributed by atoms with E-state index in [-0.39, 0.29) is 16.7 Å². The van der Waals surface area contributed by atoms with Gasteiger partial charge in [0.2, 0.25) is 5.28 Å². The highest BCUT2D eigenvalue weighted by Crippen LogP contribution is 2.32. The molecule has 2 aromatic heterocycles. The Morgan fingerprint density at radius 2 is 2.06 bits per heavy atom. The van der Waals surface area contributed by atoms with Crippen LogP contribution in [0, 0.1) is 5.82 Å². The standard InChI is InChI=1S/C12H5Cl2FN2O/c13-7-3-1-2-6-4-9(18-11(6)7)10-8(15)5-16-12(14)17-10/h1-5H. The van der Waals surface area contributed by atoms with E-state index in [1.54, 1.807) is 18.2 Å². The third-order valence-corrected chi connectivity index (χ3v) is 2.92. The van der Waals surface area contributed by atoms with Gasteiger partial charge in [-0.2, -0.15) is 0 Å². The van der Waals surface area contributed by atoms with Crippen molar-refractivity contribution in [2.75, 3.05) is 0 Å². The minimum atomic E-state index is -0.602. The molecule has 0 N–H and O–H groups in total. The summed E-state index contributed by atoms with van der Waals surface area (Å²) in [5.41, 5.74) is 0.505. The molecule has 3 rings (SSSR count). The van der Waals surface area contributed by atoms with Crippen molar-refractivity contribution in [2.45, 2.75) is 0 Å². The Kier molecular flexibility index (Phi) is 2.69. The van der Waals surface area contributed by atoms with Crippen LogP contribution in [0.25, 0.3) is 22.4 Å². The normalized spacial score (nSPS) is 11.1. The van der Waals surface area contributed by atoms with E-state index in [0.717, 1.165) is 11.6 Å². The second-order valence-corrected chi connectivity index (χ2v) is 4.35. The molecule has 3 nitrogen and oxygen atoms in total. The summed E-state index contributed by atoms with van der Waals surface area (Å²) < 4.78 is 19.1. The fourth-order valence-corrected chi connectivity index (χ4v) is 2.02. The van der Waals surface area contributed by atoms with Gasteiger partial charge in [-0.3, -0.25) is 0 Å². The molecule has 0 bridgehead atoms. The maximum Gasteiger partial charge on any atom is 0.223 e. The molecule has 0 saturated heterocycles. The van der Waals surface area contributed by atoms with Crippen molar-refractivity contribution in [3.8, 4) is 11.5 Å². The second-order valence-electron chi connectivity index (χ2n) is 3.60. The van der Waals surface area contributed by atoms with Crippen LogP contribution in [-0.2, 0) is 0 Å². The molecule has 90 valence electrons. The number of para-hydroxylation sites is 1. The molecule has 18 heavy (non-hydrogen) atoms. The maximum atomic E-state index is 13.6. The molecule has 0 fully saturated rings. The molecule has 6 heteroatoms. The van der Waals surface area contributed by atoms with Crippen molar-refractivity contribution in [2.24, 2.45) is 0 Å². The molecular formula is C12H5Cl2FN2O. The fraction of sp³-hybridized carbons (Fsp3) is 0. The van der Waals surface area contributed by atoms with Crippen molar-refractivity contribution in [3.63, 3.8) is 0 Å². The highest BCUT2D eigenvalue weighted by molar-refractivity contribution is 6.34. The smallest absolute Gasteiger partial charge is 0.223 e. The van der Waals surface area contributed by atoms with E-state index >= 15 is 0 Å². The fourth-order valence-electron chi connectivity index (χ4n) is 1.66. The first-order valence-corrected chi connectivity index (χ1v) is 5.77. The van der Waals surface area contributed by atoms with Crippen LogP contribution in [0.5, 0.6) is 0 Å². The number of nitrogens with zero attached hydrogens (tertiary/aromatic N) is 2. The van der Waals surface area contributed by atoms with E-state index in [0.29, 0.717) is 10.6 Å². The third kappa shape index (κ3) is 1.83. The lowest BCUT2D eigenvalue weighted by atomic mass is 10.2. The minimum Gasteiger partial charge on any atom is -0.453 e. The average molecular weight is 283 g/mol. The van der Waals surface area contributed by atoms with Gasteiger partial charge in [-0.25, -0.2) is 14.4 Å². The van der Waals surface area contributed by atoms with Crippen molar-refractivity contribution in [1.29, 1.82) is 0 Å². The summed E-state index contributed by atoms with van der Waals surface area (Å²) in [5, 5.41) is 1.18. The van der Waals surface area contributed by atoms with Crippen LogP contribution < -0.4 is 0 Å². The number of hydrogen-bond donors (Lipinski definition) is 0. The lowest BCUT2D eigenvalue weighted by Gasteiger charge is -1.97. The number of furan rings is 1. The molecule has 0 radical (unpaired) electrons. The van der Waals surface area contributed by atoms with E-state index < -0.39 is 5.82 Å². The largest absolute Gasteiger partial charge is 0.453 e. The van der Waals surface area contributed by atoms with E-state index in [4.69, 9.17) is 27.6 Å². The Hall–Kier alpha value is -1.65. The topological polar surface area (TPSA) is 38.9 Å². The van der Waals surface area contributed by atoms with Gasteiger partial charge < -0.3 is 4.42 Å². The van der Waals surface area contributed by atoms with Crippen molar-refractivity contribution in [1.82, 2.24) is 9.97 Å². The van der Waals surface area contributed by atoms with Crippen LogP contribution in [0.3, 0.4) is 0 Å². The first-order valence-electron chi connectivity index (χ1n) is 5.01. The Balaban J connectivity index is 2.26. The number of hydrogen-bond acceptors (Lipinski definition) is 3. The molecule has 0 unspecified atom stereocenters. The number of benzene rings is 1. The molecule has 1 aromatic carbocycles. The zero-order valence-corrected chi connectivity index (χ0v) is 10.3. The van der Waals surface area contributed by atoms with Gasteiger partial charge in [-0.05, 0) is 23.7 Å². The van der Waals surface area contributed by atoms with Gasteiger partial charge >= 0.3 is 0 Å².